The van der Waals surface area contributed by atoms with Crippen molar-refractivity contribution in [1.82, 2.24) is 14.3 Å². The molecule has 2 aromatic rings. The molecule has 0 saturated carbocycles. The van der Waals surface area contributed by atoms with E-state index in [1.165, 1.54) is 12.8 Å². The van der Waals surface area contributed by atoms with Gasteiger partial charge in [0.1, 0.15) is 0 Å². The van der Waals surface area contributed by atoms with Crippen molar-refractivity contribution in [3.63, 3.8) is 0 Å². The zero-order chi connectivity index (χ0) is 13.4. The molecule has 5 nitrogen and oxygen atoms in total. The van der Waals surface area contributed by atoms with Gasteiger partial charge in [0.05, 0.1) is 5.69 Å². The standard InChI is InChI=1S/C13H21N5S/c1-16(2)10-3-5-17(6-4-10)12-11(9-14)18-7-8-19-13(18)15-12/h7-8,10H,3-6,9,14H2,1-2H3. The predicted octanol–water partition coefficient (Wildman–Crippen LogP) is 1.38. The molecule has 0 amide bonds. The number of imidazole rings is 1. The van der Waals surface area contributed by atoms with Gasteiger partial charge in [0.15, 0.2) is 10.8 Å². The fourth-order valence-corrected chi connectivity index (χ4v) is 3.59. The number of nitrogens with zero attached hydrogens (tertiary/aromatic N) is 4. The molecule has 2 N–H and O–H groups in total. The van der Waals surface area contributed by atoms with Crippen LogP contribution in [0.5, 0.6) is 0 Å². The van der Waals surface area contributed by atoms with Crippen LogP contribution in [0.15, 0.2) is 11.6 Å². The topological polar surface area (TPSA) is 49.8 Å². The van der Waals surface area contributed by atoms with Crippen molar-refractivity contribution in [1.29, 1.82) is 0 Å². The van der Waals surface area contributed by atoms with E-state index in [1.54, 1.807) is 11.3 Å². The van der Waals surface area contributed by atoms with Gasteiger partial charge in [-0.05, 0) is 26.9 Å². The SMILES string of the molecule is CN(C)C1CCN(c2nc3sccn3c2CN)CC1. The van der Waals surface area contributed by atoms with Crippen molar-refractivity contribution in [2.45, 2.75) is 25.4 Å². The molecule has 0 radical (unpaired) electrons. The van der Waals surface area contributed by atoms with E-state index in [-0.39, 0.29) is 0 Å². The molecule has 1 fully saturated rings. The smallest absolute Gasteiger partial charge is 0.195 e. The number of hydrogen-bond donors (Lipinski definition) is 1. The molecule has 3 rings (SSSR count). The third-order valence-corrected chi connectivity index (χ3v) is 4.78. The molecular formula is C13H21N5S. The summed E-state index contributed by atoms with van der Waals surface area (Å²) in [4.78, 5) is 10.5. The van der Waals surface area contributed by atoms with Crippen molar-refractivity contribution < 1.29 is 0 Å². The lowest BCUT2D eigenvalue weighted by Gasteiger charge is -2.35. The van der Waals surface area contributed by atoms with Gasteiger partial charge in [-0.2, -0.15) is 0 Å². The van der Waals surface area contributed by atoms with Crippen molar-refractivity contribution >= 4 is 22.1 Å². The molecule has 1 aliphatic heterocycles. The van der Waals surface area contributed by atoms with Crippen LogP contribution in [0, 0.1) is 0 Å². The van der Waals surface area contributed by atoms with Gasteiger partial charge in [0.25, 0.3) is 0 Å². The van der Waals surface area contributed by atoms with Crippen LogP contribution in [0.4, 0.5) is 5.82 Å². The Hall–Kier alpha value is -1.11. The summed E-state index contributed by atoms with van der Waals surface area (Å²) in [5.41, 5.74) is 7.05. The van der Waals surface area contributed by atoms with E-state index >= 15 is 0 Å². The number of piperidine rings is 1. The Morgan fingerprint density at radius 3 is 2.79 bits per heavy atom. The summed E-state index contributed by atoms with van der Waals surface area (Å²) in [6, 6.07) is 0.696. The largest absolute Gasteiger partial charge is 0.355 e. The van der Waals surface area contributed by atoms with E-state index in [2.05, 4.69) is 39.9 Å². The van der Waals surface area contributed by atoms with Gasteiger partial charge in [0, 0.05) is 37.3 Å². The molecule has 0 bridgehead atoms. The lowest BCUT2D eigenvalue weighted by molar-refractivity contribution is 0.249. The zero-order valence-corrected chi connectivity index (χ0v) is 12.4. The normalized spacial score (nSPS) is 17.8. The molecule has 1 aliphatic rings. The first-order valence-corrected chi connectivity index (χ1v) is 7.64. The van der Waals surface area contributed by atoms with Crippen LogP contribution >= 0.6 is 11.3 Å². The minimum Gasteiger partial charge on any atom is -0.355 e. The van der Waals surface area contributed by atoms with Gasteiger partial charge in [0.2, 0.25) is 0 Å². The third-order valence-electron chi connectivity index (χ3n) is 4.03. The Bertz CT molecular complexity index is 550. The van der Waals surface area contributed by atoms with Crippen molar-refractivity contribution in [3.05, 3.63) is 17.3 Å². The fraction of sp³-hybridized carbons (Fsp3) is 0.615. The summed E-state index contributed by atoms with van der Waals surface area (Å²) in [7, 11) is 4.33. The van der Waals surface area contributed by atoms with Crippen LogP contribution in [0.1, 0.15) is 18.5 Å². The maximum Gasteiger partial charge on any atom is 0.195 e. The molecule has 3 heterocycles. The van der Waals surface area contributed by atoms with Gasteiger partial charge < -0.3 is 15.5 Å². The Morgan fingerprint density at radius 2 is 2.16 bits per heavy atom. The van der Waals surface area contributed by atoms with E-state index < -0.39 is 0 Å². The second-order valence-corrected chi connectivity index (χ2v) is 6.20. The number of aromatic nitrogens is 2. The van der Waals surface area contributed by atoms with Crippen LogP contribution in [-0.2, 0) is 6.54 Å². The van der Waals surface area contributed by atoms with E-state index in [0.717, 1.165) is 29.6 Å². The summed E-state index contributed by atoms with van der Waals surface area (Å²) in [5.74, 6) is 1.09. The van der Waals surface area contributed by atoms with Crippen LogP contribution in [0.25, 0.3) is 4.96 Å². The zero-order valence-electron chi connectivity index (χ0n) is 11.5. The summed E-state index contributed by atoms with van der Waals surface area (Å²) in [6.45, 7) is 2.68. The van der Waals surface area contributed by atoms with Crippen LogP contribution in [0.2, 0.25) is 0 Å². The van der Waals surface area contributed by atoms with Gasteiger partial charge in [-0.15, -0.1) is 11.3 Å². The second-order valence-electron chi connectivity index (χ2n) is 5.32. The molecule has 104 valence electrons. The maximum absolute atomic E-state index is 5.91. The molecular weight excluding hydrogens is 258 g/mol. The lowest BCUT2D eigenvalue weighted by Crippen LogP contribution is -2.42. The van der Waals surface area contributed by atoms with Gasteiger partial charge in [-0.1, -0.05) is 0 Å². The fourth-order valence-electron chi connectivity index (χ4n) is 2.86. The van der Waals surface area contributed by atoms with E-state index in [0.29, 0.717) is 12.6 Å². The number of fused-ring (bicyclic) bond motifs is 1. The van der Waals surface area contributed by atoms with E-state index in [4.69, 9.17) is 10.7 Å². The van der Waals surface area contributed by atoms with Crippen molar-refractivity contribution in [2.24, 2.45) is 5.73 Å². The maximum atomic E-state index is 5.91. The predicted molar refractivity (Wildman–Crippen MR) is 79.9 cm³/mol. The summed E-state index contributed by atoms with van der Waals surface area (Å²) >= 11 is 1.67. The molecule has 1 saturated heterocycles. The number of rotatable bonds is 3. The highest BCUT2D eigenvalue weighted by atomic mass is 32.1. The Morgan fingerprint density at radius 1 is 1.42 bits per heavy atom. The third kappa shape index (κ3) is 2.24. The molecule has 19 heavy (non-hydrogen) atoms. The molecule has 0 atom stereocenters. The monoisotopic (exact) mass is 279 g/mol. The quantitative estimate of drug-likeness (QED) is 0.922. The first-order chi connectivity index (χ1) is 9.20. The number of anilines is 1. The van der Waals surface area contributed by atoms with Crippen LogP contribution < -0.4 is 10.6 Å². The molecule has 0 unspecified atom stereocenters. The Balaban J connectivity index is 1.83. The molecule has 2 aromatic heterocycles. The van der Waals surface area contributed by atoms with Gasteiger partial charge in [-0.3, -0.25) is 4.40 Å². The number of nitrogens with two attached hydrogens (primary N) is 1. The summed E-state index contributed by atoms with van der Waals surface area (Å²) < 4.78 is 2.12. The Labute approximate surface area is 117 Å². The van der Waals surface area contributed by atoms with Gasteiger partial charge >= 0.3 is 0 Å². The number of thiazole rings is 1. The average Bonchev–Trinajstić information content (AvgIpc) is 2.98. The van der Waals surface area contributed by atoms with Crippen LogP contribution in [0.3, 0.4) is 0 Å². The minimum absolute atomic E-state index is 0.543. The number of hydrogen-bond acceptors (Lipinski definition) is 5. The van der Waals surface area contributed by atoms with Crippen molar-refractivity contribution in [3.8, 4) is 0 Å². The summed E-state index contributed by atoms with van der Waals surface area (Å²) in [5, 5.41) is 2.06. The van der Waals surface area contributed by atoms with E-state index in [9.17, 15) is 0 Å². The molecule has 0 spiro atoms. The lowest BCUT2D eigenvalue weighted by atomic mass is 10.0. The molecule has 6 heteroatoms. The first-order valence-electron chi connectivity index (χ1n) is 6.76. The molecule has 0 aliphatic carbocycles. The van der Waals surface area contributed by atoms with Crippen molar-refractivity contribution in [2.75, 3.05) is 32.1 Å². The highest BCUT2D eigenvalue weighted by Crippen LogP contribution is 2.27. The molecule has 0 aromatic carbocycles. The Kier molecular flexibility index (Phi) is 3.47. The first kappa shape index (κ1) is 12.9. The van der Waals surface area contributed by atoms with Crippen LogP contribution in [-0.4, -0.2) is 47.5 Å². The highest BCUT2D eigenvalue weighted by molar-refractivity contribution is 7.15. The minimum atomic E-state index is 0.543. The van der Waals surface area contributed by atoms with E-state index in [1.807, 2.05) is 0 Å². The summed E-state index contributed by atoms with van der Waals surface area (Å²) in [6.07, 6.45) is 4.45. The highest BCUT2D eigenvalue weighted by Gasteiger charge is 2.24. The second kappa shape index (κ2) is 5.11. The average molecular weight is 279 g/mol. The van der Waals surface area contributed by atoms with Gasteiger partial charge in [-0.25, -0.2) is 4.98 Å².